The lowest BCUT2D eigenvalue weighted by Gasteiger charge is -2.11. The Morgan fingerprint density at radius 3 is 2.59 bits per heavy atom. The van der Waals surface area contributed by atoms with Crippen LogP contribution >= 0.6 is 35.3 Å². The molecule has 0 bridgehead atoms. The number of carbonyl (C=O) groups is 1. The molecule has 0 fully saturated rings. The molecule has 1 aromatic heterocycles. The number of aryl methyl sites for hydroxylation is 1. The van der Waals surface area contributed by atoms with Gasteiger partial charge in [0.25, 0.3) is 0 Å². The van der Waals surface area contributed by atoms with Crippen LogP contribution < -0.4 is 16.0 Å². The molecular weight excluding hydrogens is 494 g/mol. The van der Waals surface area contributed by atoms with Crippen LogP contribution in [-0.2, 0) is 17.8 Å². The minimum absolute atomic E-state index is 0. The Kier molecular flexibility index (Phi) is 9.49. The molecule has 1 aromatic carbocycles. The SMILES string of the molecule is CCc1cnc(CNC(=NC)NCC(=O)Nc2ccc(F)c(F)c2F)s1.I. The van der Waals surface area contributed by atoms with Gasteiger partial charge in [0.2, 0.25) is 5.91 Å². The highest BCUT2D eigenvalue weighted by atomic mass is 127. The van der Waals surface area contributed by atoms with Gasteiger partial charge in [-0.2, -0.15) is 0 Å². The zero-order valence-electron chi connectivity index (χ0n) is 14.6. The van der Waals surface area contributed by atoms with E-state index in [0.29, 0.717) is 12.5 Å². The first kappa shape index (κ1) is 23.1. The summed E-state index contributed by atoms with van der Waals surface area (Å²) < 4.78 is 39.6. The molecule has 0 radical (unpaired) electrons. The summed E-state index contributed by atoms with van der Waals surface area (Å²) in [5, 5.41) is 8.77. The summed E-state index contributed by atoms with van der Waals surface area (Å²) in [5.41, 5.74) is -0.437. The van der Waals surface area contributed by atoms with Gasteiger partial charge in [0.05, 0.1) is 18.8 Å². The Labute approximate surface area is 175 Å². The van der Waals surface area contributed by atoms with Gasteiger partial charge in [-0.15, -0.1) is 35.3 Å². The van der Waals surface area contributed by atoms with Crippen LogP contribution in [0.1, 0.15) is 16.8 Å². The van der Waals surface area contributed by atoms with Crippen LogP contribution in [0.2, 0.25) is 0 Å². The van der Waals surface area contributed by atoms with Crippen molar-refractivity contribution < 1.29 is 18.0 Å². The fourth-order valence-corrected chi connectivity index (χ4v) is 2.76. The van der Waals surface area contributed by atoms with Crippen LogP contribution in [0.5, 0.6) is 0 Å². The highest BCUT2D eigenvalue weighted by Crippen LogP contribution is 2.19. The summed E-state index contributed by atoms with van der Waals surface area (Å²) in [7, 11) is 1.53. The average molecular weight is 513 g/mol. The average Bonchev–Trinajstić information content (AvgIpc) is 3.10. The number of hydrogen-bond acceptors (Lipinski definition) is 4. The number of guanidine groups is 1. The zero-order chi connectivity index (χ0) is 19.1. The van der Waals surface area contributed by atoms with E-state index in [9.17, 15) is 18.0 Å². The van der Waals surface area contributed by atoms with Gasteiger partial charge in [0, 0.05) is 18.1 Å². The van der Waals surface area contributed by atoms with Crippen molar-refractivity contribution in [1.29, 1.82) is 0 Å². The maximum Gasteiger partial charge on any atom is 0.243 e. The maximum atomic E-state index is 13.5. The van der Waals surface area contributed by atoms with Crippen molar-refractivity contribution in [1.82, 2.24) is 15.6 Å². The lowest BCUT2D eigenvalue weighted by molar-refractivity contribution is -0.115. The zero-order valence-corrected chi connectivity index (χ0v) is 17.8. The van der Waals surface area contributed by atoms with Crippen LogP contribution in [0, 0.1) is 17.5 Å². The topological polar surface area (TPSA) is 78.4 Å². The highest BCUT2D eigenvalue weighted by Gasteiger charge is 2.15. The second-order valence-corrected chi connectivity index (χ2v) is 6.32. The van der Waals surface area contributed by atoms with E-state index in [1.807, 2.05) is 13.1 Å². The van der Waals surface area contributed by atoms with E-state index in [2.05, 4.69) is 25.9 Å². The van der Waals surface area contributed by atoms with Crippen molar-refractivity contribution in [2.45, 2.75) is 19.9 Å². The van der Waals surface area contributed by atoms with E-state index in [1.54, 1.807) is 11.3 Å². The Balaban J connectivity index is 0.00000364. The largest absolute Gasteiger partial charge is 0.350 e. The summed E-state index contributed by atoms with van der Waals surface area (Å²) in [6.45, 7) is 2.24. The number of nitrogens with zero attached hydrogens (tertiary/aromatic N) is 2. The van der Waals surface area contributed by atoms with E-state index in [0.717, 1.165) is 28.4 Å². The number of benzene rings is 1. The fourth-order valence-electron chi connectivity index (χ4n) is 1.95. The first-order chi connectivity index (χ1) is 12.4. The summed E-state index contributed by atoms with van der Waals surface area (Å²) in [6, 6.07) is 1.69. The fraction of sp³-hybridized carbons (Fsp3) is 0.312. The lowest BCUT2D eigenvalue weighted by Crippen LogP contribution is -2.41. The second-order valence-electron chi connectivity index (χ2n) is 5.12. The molecule has 3 N–H and O–H groups in total. The number of thiazole rings is 1. The van der Waals surface area contributed by atoms with E-state index >= 15 is 0 Å². The molecule has 0 aliphatic rings. The molecule has 0 aliphatic heterocycles. The van der Waals surface area contributed by atoms with Gasteiger partial charge in [-0.3, -0.25) is 9.79 Å². The third kappa shape index (κ3) is 6.65. The first-order valence-electron chi connectivity index (χ1n) is 7.76. The third-order valence-corrected chi connectivity index (χ3v) is 4.45. The van der Waals surface area contributed by atoms with Crippen molar-refractivity contribution in [2.24, 2.45) is 4.99 Å². The number of aliphatic imine (C=N–C) groups is 1. The Bertz CT molecular complexity index is 815. The number of nitrogens with one attached hydrogen (secondary N) is 3. The normalized spacial score (nSPS) is 10.9. The van der Waals surface area contributed by atoms with E-state index < -0.39 is 29.0 Å². The molecule has 0 saturated heterocycles. The quantitative estimate of drug-likeness (QED) is 0.240. The smallest absolute Gasteiger partial charge is 0.243 e. The minimum Gasteiger partial charge on any atom is -0.350 e. The Morgan fingerprint density at radius 1 is 1.22 bits per heavy atom. The third-order valence-electron chi connectivity index (χ3n) is 3.31. The van der Waals surface area contributed by atoms with E-state index in [-0.39, 0.29) is 30.5 Å². The molecular formula is C16H19F3IN5OS. The van der Waals surface area contributed by atoms with Gasteiger partial charge in [-0.25, -0.2) is 18.2 Å². The van der Waals surface area contributed by atoms with Crippen LogP contribution in [-0.4, -0.2) is 30.4 Å². The summed E-state index contributed by atoms with van der Waals surface area (Å²) in [6.07, 6.45) is 2.72. The molecule has 27 heavy (non-hydrogen) atoms. The number of aromatic nitrogens is 1. The van der Waals surface area contributed by atoms with Crippen molar-refractivity contribution in [3.05, 3.63) is 45.7 Å². The predicted molar refractivity (Wildman–Crippen MR) is 110 cm³/mol. The predicted octanol–water partition coefficient (Wildman–Crippen LogP) is 3.04. The molecule has 11 heteroatoms. The summed E-state index contributed by atoms with van der Waals surface area (Å²) in [4.78, 5) is 21.2. The lowest BCUT2D eigenvalue weighted by atomic mass is 10.2. The van der Waals surface area contributed by atoms with E-state index in [4.69, 9.17) is 0 Å². The van der Waals surface area contributed by atoms with Gasteiger partial charge >= 0.3 is 0 Å². The van der Waals surface area contributed by atoms with Crippen LogP contribution in [0.25, 0.3) is 0 Å². The molecule has 0 unspecified atom stereocenters. The van der Waals surface area contributed by atoms with Gasteiger partial charge in [-0.05, 0) is 18.6 Å². The molecule has 6 nitrogen and oxygen atoms in total. The molecule has 1 heterocycles. The van der Waals surface area contributed by atoms with Crippen molar-refractivity contribution >= 4 is 52.9 Å². The number of halogens is 4. The Hall–Kier alpha value is -1.89. The van der Waals surface area contributed by atoms with Crippen molar-refractivity contribution in [2.75, 3.05) is 18.9 Å². The second kappa shape index (κ2) is 11.1. The molecule has 2 aromatic rings. The number of hydrogen-bond donors (Lipinski definition) is 3. The highest BCUT2D eigenvalue weighted by molar-refractivity contribution is 14.0. The minimum atomic E-state index is -1.64. The number of rotatable bonds is 6. The van der Waals surface area contributed by atoms with Crippen molar-refractivity contribution in [3.63, 3.8) is 0 Å². The number of carbonyl (C=O) groups excluding carboxylic acids is 1. The molecule has 2 rings (SSSR count). The van der Waals surface area contributed by atoms with Gasteiger partial charge < -0.3 is 16.0 Å². The molecule has 0 atom stereocenters. The molecule has 1 amide bonds. The molecule has 0 saturated carbocycles. The molecule has 148 valence electrons. The summed E-state index contributed by atoms with van der Waals surface area (Å²) >= 11 is 1.57. The maximum absolute atomic E-state index is 13.5. The monoisotopic (exact) mass is 513 g/mol. The van der Waals surface area contributed by atoms with Gasteiger partial charge in [0.1, 0.15) is 5.01 Å². The Morgan fingerprint density at radius 2 is 1.96 bits per heavy atom. The van der Waals surface area contributed by atoms with Gasteiger partial charge in [0.15, 0.2) is 23.4 Å². The number of amides is 1. The van der Waals surface area contributed by atoms with Crippen LogP contribution in [0.3, 0.4) is 0 Å². The van der Waals surface area contributed by atoms with E-state index in [1.165, 1.54) is 7.05 Å². The standard InChI is InChI=1S/C16H18F3N5OS.HI/c1-3-9-6-21-13(26-9)8-23-16(20-2)22-7-12(25)24-11-5-4-10(17)14(18)15(11)19;/h4-6H,3,7-8H2,1-2H3,(H,24,25)(H2,20,22,23);1H. The number of anilines is 1. The van der Waals surface area contributed by atoms with Crippen molar-refractivity contribution in [3.8, 4) is 0 Å². The summed E-state index contributed by atoms with van der Waals surface area (Å²) in [5.74, 6) is -4.70. The van der Waals surface area contributed by atoms with Crippen LogP contribution in [0.4, 0.5) is 18.9 Å². The van der Waals surface area contributed by atoms with Crippen LogP contribution in [0.15, 0.2) is 23.3 Å². The van der Waals surface area contributed by atoms with Gasteiger partial charge in [-0.1, -0.05) is 6.92 Å². The molecule has 0 aliphatic carbocycles. The first-order valence-corrected chi connectivity index (χ1v) is 8.57. The molecule has 0 spiro atoms.